The fourth-order valence-corrected chi connectivity index (χ4v) is 7.95. The third-order valence-corrected chi connectivity index (χ3v) is 14.5. The summed E-state index contributed by atoms with van der Waals surface area (Å²) in [6.07, 6.45) is 4.33. The van der Waals surface area contributed by atoms with E-state index in [9.17, 15) is 0 Å². The Morgan fingerprint density at radius 2 is 2.33 bits per heavy atom. The highest BCUT2D eigenvalue weighted by Gasteiger charge is 2.29. The van der Waals surface area contributed by atoms with E-state index in [1.165, 1.54) is 24.1 Å². The van der Waals surface area contributed by atoms with Crippen LogP contribution in [-0.2, 0) is 12.8 Å². The lowest BCUT2D eigenvalue weighted by Crippen LogP contribution is -2.25. The zero-order valence-electron chi connectivity index (χ0n) is 8.85. The van der Waals surface area contributed by atoms with Crippen LogP contribution in [0.3, 0.4) is 0 Å². The maximum absolute atomic E-state index is 4.49. The maximum atomic E-state index is 4.49. The molecule has 0 radical (unpaired) electrons. The third kappa shape index (κ3) is 2.76. The number of fused-ring (bicyclic) bond motifs is 1. The van der Waals surface area contributed by atoms with Crippen LogP contribution in [0.5, 0.6) is 0 Å². The first-order chi connectivity index (χ1) is 7.22. The van der Waals surface area contributed by atoms with Crippen molar-refractivity contribution < 1.29 is 0 Å². The van der Waals surface area contributed by atoms with Crippen molar-refractivity contribution in [3.05, 3.63) is 29.6 Å². The fraction of sp³-hybridized carbons (Fsp3) is 0.500. The first kappa shape index (κ1) is 12.3. The monoisotopic (exact) mass is 275 g/mol. The molecule has 82 valence electrons. The predicted molar refractivity (Wildman–Crippen MR) is 79.3 cm³/mol. The molecule has 1 aromatic heterocycles. The van der Waals surface area contributed by atoms with E-state index in [0.717, 1.165) is 19.5 Å². The number of nitrogens with zero attached hydrogens (tertiary/aromatic N) is 1. The van der Waals surface area contributed by atoms with E-state index in [0.29, 0.717) is 0 Å². The lowest BCUT2D eigenvalue weighted by molar-refractivity contribution is 0.505. The van der Waals surface area contributed by atoms with E-state index >= 15 is 0 Å². The first-order valence-electron chi connectivity index (χ1n) is 5.15. The van der Waals surface area contributed by atoms with Crippen LogP contribution >= 0.6 is 33.1 Å². The molecule has 0 amide bonds. The molecule has 4 unspecified atom stereocenters. The number of pyridine rings is 1. The van der Waals surface area contributed by atoms with Crippen LogP contribution in [0.1, 0.15) is 18.2 Å². The van der Waals surface area contributed by atoms with Gasteiger partial charge in [0.05, 0.1) is 0 Å². The summed E-state index contributed by atoms with van der Waals surface area (Å²) < 4.78 is 0. The highest BCUT2D eigenvalue weighted by molar-refractivity contribution is 8.61. The third-order valence-electron chi connectivity index (χ3n) is 3.09. The van der Waals surface area contributed by atoms with E-state index in [1.807, 2.05) is 6.20 Å². The van der Waals surface area contributed by atoms with Gasteiger partial charge in [-0.15, -0.1) is 17.9 Å². The molecule has 5 heteroatoms. The van der Waals surface area contributed by atoms with Crippen molar-refractivity contribution in [2.75, 3.05) is 0 Å². The highest BCUT2D eigenvalue weighted by Crippen LogP contribution is 2.71. The molecule has 0 saturated heterocycles. The Balaban J connectivity index is 2.22. The van der Waals surface area contributed by atoms with Gasteiger partial charge in [0.2, 0.25) is 0 Å². The zero-order valence-corrected chi connectivity index (χ0v) is 13.1. The summed E-state index contributed by atoms with van der Waals surface area (Å²) in [6, 6.07) is 4.32. The average molecular weight is 275 g/mol. The van der Waals surface area contributed by atoms with Crippen molar-refractivity contribution in [3.8, 4) is 0 Å². The Labute approximate surface area is 99.2 Å². The summed E-state index contributed by atoms with van der Waals surface area (Å²) in [5.41, 5.74) is 3.69. The number of rotatable bonds is 2. The first-order valence-corrected chi connectivity index (χ1v) is 11.8. The highest BCUT2D eigenvalue weighted by atomic mass is 32.6. The summed E-state index contributed by atoms with van der Waals surface area (Å²) in [7, 11) is 7.12. The van der Waals surface area contributed by atoms with Crippen LogP contribution in [-0.4, -0.2) is 10.6 Å². The molecule has 1 aliphatic carbocycles. The molecule has 0 saturated carbocycles. The molecule has 1 nitrogen and oxygen atoms in total. The molecule has 0 aromatic carbocycles. The summed E-state index contributed by atoms with van der Waals surface area (Å²) in [4.78, 5) is 4.49. The minimum Gasteiger partial charge on any atom is -0.261 e. The predicted octanol–water partition coefficient (Wildman–Crippen LogP) is 3.84. The van der Waals surface area contributed by atoms with Crippen LogP contribution in [0.2, 0.25) is 0 Å². The van der Waals surface area contributed by atoms with Crippen LogP contribution in [0.25, 0.3) is 0 Å². The number of hydrogen-bond donors (Lipinski definition) is 0. The molecule has 0 fully saturated rings. The second-order valence-electron chi connectivity index (χ2n) is 4.10. The van der Waals surface area contributed by atoms with Gasteiger partial charge >= 0.3 is 0 Å². The maximum Gasteiger partial charge on any atom is 0.0438 e. The van der Waals surface area contributed by atoms with E-state index in [1.54, 1.807) is 0 Å². The number of aromatic nitrogens is 1. The van der Waals surface area contributed by atoms with Crippen LogP contribution in [0.15, 0.2) is 18.3 Å². The largest absolute Gasteiger partial charge is 0.261 e. The summed E-state index contributed by atoms with van der Waals surface area (Å²) in [5.74, 6) is 0.795. The van der Waals surface area contributed by atoms with Gasteiger partial charge in [-0.25, -0.2) is 0 Å². The van der Waals surface area contributed by atoms with Crippen molar-refractivity contribution >= 4 is 33.1 Å². The molecule has 0 aliphatic heterocycles. The van der Waals surface area contributed by atoms with Gasteiger partial charge in [0, 0.05) is 11.9 Å². The van der Waals surface area contributed by atoms with Crippen LogP contribution in [0, 0.1) is 5.92 Å². The van der Waals surface area contributed by atoms with E-state index in [2.05, 4.69) is 41.9 Å². The Morgan fingerprint density at radius 1 is 1.53 bits per heavy atom. The molecule has 6 atom stereocenters. The van der Waals surface area contributed by atoms with Crippen molar-refractivity contribution in [2.45, 2.75) is 25.4 Å². The molecular formula is C10H17NP4. The summed E-state index contributed by atoms with van der Waals surface area (Å²) >= 11 is 0. The van der Waals surface area contributed by atoms with Gasteiger partial charge < -0.3 is 0 Å². The Hall–Kier alpha value is 0.870. The smallest absolute Gasteiger partial charge is 0.0438 e. The molecule has 15 heavy (non-hydrogen) atoms. The van der Waals surface area contributed by atoms with E-state index < -0.39 is 0 Å². The lowest BCUT2D eigenvalue weighted by atomic mass is 9.88. The Bertz CT molecular complexity index is 344. The van der Waals surface area contributed by atoms with Gasteiger partial charge in [-0.05, 0) is 36.0 Å². The second kappa shape index (κ2) is 5.47. The van der Waals surface area contributed by atoms with E-state index in [4.69, 9.17) is 0 Å². The topological polar surface area (TPSA) is 12.9 Å². The van der Waals surface area contributed by atoms with Gasteiger partial charge in [-0.2, -0.15) is 0 Å². The van der Waals surface area contributed by atoms with Crippen LogP contribution in [0.4, 0.5) is 0 Å². The Kier molecular flexibility index (Phi) is 4.50. The number of hydrogen-bond acceptors (Lipinski definition) is 1. The lowest BCUT2D eigenvalue weighted by Gasteiger charge is -2.33. The molecule has 1 aromatic rings. The fourth-order valence-electron chi connectivity index (χ4n) is 2.18. The van der Waals surface area contributed by atoms with E-state index in [-0.39, 0.29) is 7.30 Å². The normalized spacial score (nSPS) is 27.9. The summed E-state index contributed by atoms with van der Waals surface area (Å²) in [6.45, 7) is 2.38. The van der Waals surface area contributed by atoms with Crippen molar-refractivity contribution in [1.82, 2.24) is 4.98 Å². The van der Waals surface area contributed by atoms with Gasteiger partial charge in [0.25, 0.3) is 0 Å². The molecule has 1 aliphatic rings. The molecule has 0 N–H and O–H groups in total. The van der Waals surface area contributed by atoms with Crippen molar-refractivity contribution in [3.63, 3.8) is 0 Å². The second-order valence-corrected chi connectivity index (χ2v) is 13.7. The molecular weight excluding hydrogens is 258 g/mol. The molecule has 0 bridgehead atoms. The van der Waals surface area contributed by atoms with Crippen LogP contribution < -0.4 is 0 Å². The quantitative estimate of drug-likeness (QED) is 0.747. The van der Waals surface area contributed by atoms with Gasteiger partial charge in [0.1, 0.15) is 0 Å². The Morgan fingerprint density at radius 3 is 3.07 bits per heavy atom. The molecule has 1 heterocycles. The van der Waals surface area contributed by atoms with Crippen molar-refractivity contribution in [1.29, 1.82) is 0 Å². The van der Waals surface area contributed by atoms with Crippen molar-refractivity contribution in [2.24, 2.45) is 5.92 Å². The molecule has 2 rings (SSSR count). The van der Waals surface area contributed by atoms with Gasteiger partial charge in [-0.1, -0.05) is 28.2 Å². The summed E-state index contributed by atoms with van der Waals surface area (Å²) in [5, 5.41) is 0. The zero-order chi connectivity index (χ0) is 10.8. The molecule has 0 spiro atoms. The SMILES string of the molecule is C[C@H]1Cc2ncccc2C[C@H]1P(P)PP. The van der Waals surface area contributed by atoms with Gasteiger partial charge in [0.15, 0.2) is 0 Å². The van der Waals surface area contributed by atoms with Gasteiger partial charge in [-0.3, -0.25) is 4.98 Å². The average Bonchev–Trinajstić information content (AvgIpc) is 2.27. The standard InChI is InChI=1S/C10H17NP4/c1-7-5-9-8(3-2-4-11-9)6-10(7)15(13)14-12/h2-4,7,10,14H,5-6,12-13H2,1H3/t7-,10+,15?/m0/s1. The minimum absolute atomic E-state index is 0.119. The minimum atomic E-state index is 0.119.